The summed E-state index contributed by atoms with van der Waals surface area (Å²) in [6.07, 6.45) is 0.783. The smallest absolute Gasteiger partial charge is 0.251 e. The number of nitrogens with one attached hydrogen (secondary N) is 2. The number of carbonyl (C=O) groups excluding carboxylic acids is 1. The Bertz CT molecular complexity index is 851. The Kier molecular flexibility index (Phi) is 6.76. The monoisotopic (exact) mass is 376 g/mol. The summed E-state index contributed by atoms with van der Waals surface area (Å²) in [6, 6.07) is 13.6. The molecule has 6 nitrogen and oxygen atoms in total. The molecule has 2 N–H and O–H groups in total. The summed E-state index contributed by atoms with van der Waals surface area (Å²) in [5, 5.41) is 2.82. The highest BCUT2D eigenvalue weighted by atomic mass is 32.2. The van der Waals surface area contributed by atoms with Crippen LogP contribution in [0.3, 0.4) is 0 Å². The van der Waals surface area contributed by atoms with Crippen LogP contribution in [0.2, 0.25) is 0 Å². The number of sulfonamides is 1. The summed E-state index contributed by atoms with van der Waals surface area (Å²) in [6.45, 7) is 4.00. The van der Waals surface area contributed by atoms with Crippen molar-refractivity contribution in [3.05, 3.63) is 59.7 Å². The Hall–Kier alpha value is -2.38. The molecule has 0 fully saturated rings. The fraction of sp³-hybridized carbons (Fsp3) is 0.316. The second-order valence-corrected chi connectivity index (χ2v) is 7.69. The van der Waals surface area contributed by atoms with Gasteiger partial charge in [0.05, 0.1) is 7.11 Å². The number of amides is 1. The van der Waals surface area contributed by atoms with Crippen molar-refractivity contribution in [1.82, 2.24) is 10.0 Å². The van der Waals surface area contributed by atoms with Crippen molar-refractivity contribution in [3.8, 4) is 5.75 Å². The molecule has 7 heteroatoms. The van der Waals surface area contributed by atoms with Gasteiger partial charge < -0.3 is 10.1 Å². The molecule has 0 saturated carbocycles. The third-order valence-corrected chi connectivity index (χ3v) is 5.44. The lowest BCUT2D eigenvalue weighted by atomic mass is 10.2. The van der Waals surface area contributed by atoms with Crippen molar-refractivity contribution in [2.75, 3.05) is 7.11 Å². The van der Waals surface area contributed by atoms with E-state index >= 15 is 0 Å². The predicted octanol–water partition coefficient (Wildman–Crippen LogP) is 2.70. The minimum atomic E-state index is -3.85. The first-order valence-electron chi connectivity index (χ1n) is 8.40. The fourth-order valence-electron chi connectivity index (χ4n) is 2.29. The molecule has 2 aromatic rings. The molecule has 0 heterocycles. The van der Waals surface area contributed by atoms with E-state index < -0.39 is 10.0 Å². The maximum absolute atomic E-state index is 12.7. The van der Waals surface area contributed by atoms with E-state index in [-0.39, 0.29) is 34.7 Å². The highest BCUT2D eigenvalue weighted by Crippen LogP contribution is 2.25. The quantitative estimate of drug-likeness (QED) is 0.742. The number of rotatable bonds is 8. The topological polar surface area (TPSA) is 84.5 Å². The third-order valence-electron chi connectivity index (χ3n) is 4.01. The first-order chi connectivity index (χ1) is 12.4. The zero-order chi connectivity index (χ0) is 19.2. The van der Waals surface area contributed by atoms with Crippen LogP contribution in [-0.4, -0.2) is 27.5 Å². The van der Waals surface area contributed by atoms with Crippen molar-refractivity contribution in [1.29, 1.82) is 0 Å². The van der Waals surface area contributed by atoms with Crippen molar-refractivity contribution >= 4 is 15.9 Å². The average Bonchev–Trinajstić information content (AvgIpc) is 2.66. The molecule has 0 aliphatic heterocycles. The van der Waals surface area contributed by atoms with Crippen LogP contribution in [0.15, 0.2) is 53.4 Å². The van der Waals surface area contributed by atoms with E-state index in [4.69, 9.17) is 4.74 Å². The van der Waals surface area contributed by atoms with Gasteiger partial charge >= 0.3 is 0 Å². The van der Waals surface area contributed by atoms with Gasteiger partial charge in [-0.05, 0) is 37.1 Å². The van der Waals surface area contributed by atoms with E-state index in [2.05, 4.69) is 10.0 Å². The summed E-state index contributed by atoms with van der Waals surface area (Å²) in [4.78, 5) is 12.2. The van der Waals surface area contributed by atoms with Crippen LogP contribution in [0.5, 0.6) is 5.75 Å². The third kappa shape index (κ3) is 5.06. The molecule has 0 spiro atoms. The maximum atomic E-state index is 12.7. The van der Waals surface area contributed by atoms with Gasteiger partial charge in [-0.3, -0.25) is 4.79 Å². The molecule has 0 aliphatic rings. The average molecular weight is 376 g/mol. The lowest BCUT2D eigenvalue weighted by Gasteiger charge is -2.14. The second kappa shape index (κ2) is 8.82. The molecule has 26 heavy (non-hydrogen) atoms. The van der Waals surface area contributed by atoms with Gasteiger partial charge in [-0.1, -0.05) is 37.3 Å². The lowest BCUT2D eigenvalue weighted by molar-refractivity contribution is 0.0939. The van der Waals surface area contributed by atoms with E-state index in [0.29, 0.717) is 0 Å². The molecule has 0 radical (unpaired) electrons. The summed E-state index contributed by atoms with van der Waals surface area (Å²) in [5.41, 5.74) is 1.10. The molecular weight excluding hydrogens is 352 g/mol. The second-order valence-electron chi connectivity index (χ2n) is 5.96. The highest BCUT2D eigenvalue weighted by molar-refractivity contribution is 7.89. The highest BCUT2D eigenvalue weighted by Gasteiger charge is 2.22. The molecule has 1 atom stereocenters. The molecule has 2 aromatic carbocycles. The van der Waals surface area contributed by atoms with Gasteiger partial charge in [-0.2, -0.15) is 0 Å². The Balaban J connectivity index is 2.27. The van der Waals surface area contributed by atoms with Gasteiger partial charge in [-0.25, -0.2) is 13.1 Å². The van der Waals surface area contributed by atoms with Gasteiger partial charge in [0.15, 0.2) is 0 Å². The Morgan fingerprint density at radius 1 is 1.15 bits per heavy atom. The first-order valence-corrected chi connectivity index (χ1v) is 9.88. The molecule has 140 valence electrons. The van der Waals surface area contributed by atoms with E-state index in [1.54, 1.807) is 6.07 Å². The maximum Gasteiger partial charge on any atom is 0.251 e. The number of hydrogen-bond donors (Lipinski definition) is 2. The van der Waals surface area contributed by atoms with Crippen molar-refractivity contribution in [2.24, 2.45) is 0 Å². The molecule has 0 aromatic heterocycles. The van der Waals surface area contributed by atoms with Gasteiger partial charge in [0.25, 0.3) is 5.91 Å². The summed E-state index contributed by atoms with van der Waals surface area (Å²) in [5.74, 6) is -0.132. The molecule has 0 unspecified atom stereocenters. The molecule has 1 amide bonds. The SMILES string of the molecule is CC[C@@H](C)NC(=O)c1ccc(OC)c(S(=O)(=O)NCc2ccccc2)c1. The van der Waals surface area contributed by atoms with E-state index in [1.807, 2.05) is 44.2 Å². The van der Waals surface area contributed by atoms with Crippen molar-refractivity contribution in [3.63, 3.8) is 0 Å². The van der Waals surface area contributed by atoms with Crippen molar-refractivity contribution in [2.45, 2.75) is 37.8 Å². The van der Waals surface area contributed by atoms with E-state index in [1.165, 1.54) is 19.2 Å². The summed E-state index contributed by atoms with van der Waals surface area (Å²) in [7, 11) is -2.45. The van der Waals surface area contributed by atoms with Gasteiger partial charge in [-0.15, -0.1) is 0 Å². The Morgan fingerprint density at radius 3 is 2.46 bits per heavy atom. The normalized spacial score (nSPS) is 12.4. The minimum absolute atomic E-state index is 0.000800. The first kappa shape index (κ1) is 19.9. The van der Waals surface area contributed by atoms with Crippen LogP contribution in [-0.2, 0) is 16.6 Å². The predicted molar refractivity (Wildman–Crippen MR) is 101 cm³/mol. The minimum Gasteiger partial charge on any atom is -0.495 e. The zero-order valence-corrected chi connectivity index (χ0v) is 16.0. The molecule has 0 aliphatic carbocycles. The van der Waals surface area contributed by atoms with Crippen molar-refractivity contribution < 1.29 is 17.9 Å². The fourth-order valence-corrected chi connectivity index (χ4v) is 3.50. The molecular formula is C19H24N2O4S. The lowest BCUT2D eigenvalue weighted by Crippen LogP contribution is -2.32. The Morgan fingerprint density at radius 2 is 1.85 bits per heavy atom. The Labute approximate surface area is 154 Å². The van der Waals surface area contributed by atoms with Crippen LogP contribution < -0.4 is 14.8 Å². The number of methoxy groups -OCH3 is 1. The van der Waals surface area contributed by atoms with Crippen LogP contribution in [0, 0.1) is 0 Å². The van der Waals surface area contributed by atoms with Crippen LogP contribution in [0.25, 0.3) is 0 Å². The summed E-state index contributed by atoms with van der Waals surface area (Å²) >= 11 is 0. The van der Waals surface area contributed by atoms with Crippen LogP contribution in [0.1, 0.15) is 36.2 Å². The molecule has 0 saturated heterocycles. The number of ether oxygens (including phenoxy) is 1. The number of benzene rings is 2. The van der Waals surface area contributed by atoms with Gasteiger partial charge in [0.2, 0.25) is 10.0 Å². The largest absolute Gasteiger partial charge is 0.495 e. The standard InChI is InChI=1S/C19H24N2O4S/c1-4-14(2)21-19(22)16-10-11-17(25-3)18(12-16)26(23,24)20-13-15-8-6-5-7-9-15/h5-12,14,20H,4,13H2,1-3H3,(H,21,22)/t14-/m1/s1. The van der Waals surface area contributed by atoms with Gasteiger partial charge in [0.1, 0.15) is 10.6 Å². The summed E-state index contributed by atoms with van der Waals surface area (Å²) < 4.78 is 33.1. The molecule has 2 rings (SSSR count). The van der Waals surface area contributed by atoms with Gasteiger partial charge in [0, 0.05) is 18.2 Å². The van der Waals surface area contributed by atoms with Crippen LogP contribution >= 0.6 is 0 Å². The van der Waals surface area contributed by atoms with E-state index in [9.17, 15) is 13.2 Å². The van der Waals surface area contributed by atoms with Crippen LogP contribution in [0.4, 0.5) is 0 Å². The van der Waals surface area contributed by atoms with E-state index in [0.717, 1.165) is 12.0 Å². The zero-order valence-electron chi connectivity index (χ0n) is 15.2. The number of hydrogen-bond acceptors (Lipinski definition) is 4. The number of carbonyl (C=O) groups is 1. The molecule has 0 bridgehead atoms.